The number of aliphatic hydroxyl groups is 1. The molecule has 0 bridgehead atoms. The van der Waals surface area contributed by atoms with E-state index >= 15 is 0 Å². The maximum absolute atomic E-state index is 12.9. The molecule has 6 atom stereocenters. The predicted molar refractivity (Wildman–Crippen MR) is 308 cm³/mol. The van der Waals surface area contributed by atoms with Gasteiger partial charge in [0, 0.05) is 25.7 Å². The predicted octanol–water partition coefficient (Wildman–Crippen LogP) is 15.7. The van der Waals surface area contributed by atoms with Gasteiger partial charge in [0.15, 0.2) is 12.2 Å². The fourth-order valence-electron chi connectivity index (χ4n) is 8.61. The Hall–Kier alpha value is -1.94. The van der Waals surface area contributed by atoms with Crippen LogP contribution in [0.3, 0.4) is 0 Å². The van der Waals surface area contributed by atoms with Crippen molar-refractivity contribution in [3.63, 3.8) is 0 Å². The Kier molecular flexibility index (Phi) is 50.6. The van der Waals surface area contributed by atoms with Gasteiger partial charge in [-0.2, -0.15) is 0 Å². The second kappa shape index (κ2) is 51.9. The number of hydrogen-bond donors (Lipinski definition) is 3. The summed E-state index contributed by atoms with van der Waals surface area (Å²) in [5, 5.41) is 10.5. The van der Waals surface area contributed by atoms with Crippen LogP contribution in [-0.4, -0.2) is 96.7 Å². The third-order valence-corrected chi connectivity index (χ3v) is 15.7. The van der Waals surface area contributed by atoms with Crippen molar-refractivity contribution in [3.8, 4) is 0 Å². The van der Waals surface area contributed by atoms with E-state index in [2.05, 4.69) is 41.5 Å². The molecule has 3 unspecified atom stereocenters. The number of carbonyl (C=O) groups excluding carboxylic acids is 4. The smallest absolute Gasteiger partial charge is 0.462 e. The highest BCUT2D eigenvalue weighted by molar-refractivity contribution is 7.47. The van der Waals surface area contributed by atoms with E-state index in [-0.39, 0.29) is 25.7 Å². The first kappa shape index (κ1) is 76.1. The van der Waals surface area contributed by atoms with Crippen LogP contribution in [0.5, 0.6) is 0 Å². The molecule has 17 nitrogen and oxygen atoms in total. The van der Waals surface area contributed by atoms with Gasteiger partial charge in [0.05, 0.1) is 26.4 Å². The normalized spacial score (nSPS) is 14.8. The van der Waals surface area contributed by atoms with Crippen LogP contribution >= 0.6 is 15.6 Å². The van der Waals surface area contributed by atoms with Crippen molar-refractivity contribution in [1.82, 2.24) is 0 Å². The molecule has 0 aliphatic carbocycles. The molecule has 462 valence electrons. The Morgan fingerprint density at radius 1 is 0.372 bits per heavy atom. The van der Waals surface area contributed by atoms with Crippen LogP contribution in [0.15, 0.2) is 0 Å². The van der Waals surface area contributed by atoms with Gasteiger partial charge in [-0.15, -0.1) is 0 Å². The minimum atomic E-state index is -4.94. The molecule has 3 N–H and O–H groups in total. The van der Waals surface area contributed by atoms with Crippen LogP contribution < -0.4 is 0 Å². The lowest BCUT2D eigenvalue weighted by Gasteiger charge is -2.21. The van der Waals surface area contributed by atoms with Gasteiger partial charge in [-0.05, 0) is 37.5 Å². The van der Waals surface area contributed by atoms with E-state index in [0.717, 1.165) is 127 Å². The van der Waals surface area contributed by atoms with E-state index in [1.54, 1.807) is 0 Å². The summed E-state index contributed by atoms with van der Waals surface area (Å²) in [5.74, 6) is -0.636. The van der Waals surface area contributed by atoms with Gasteiger partial charge in [-0.1, -0.05) is 234 Å². The van der Waals surface area contributed by atoms with Crippen molar-refractivity contribution in [1.29, 1.82) is 0 Å². The summed E-state index contributed by atoms with van der Waals surface area (Å²) in [4.78, 5) is 71.7. The zero-order chi connectivity index (χ0) is 58.0. The molecule has 0 aliphatic rings. The zero-order valence-corrected chi connectivity index (χ0v) is 51.7. The molecular weight excluding hydrogens is 1040 g/mol. The molecular formula is C59H114O17P2. The highest BCUT2D eigenvalue weighted by Crippen LogP contribution is 2.45. The fourth-order valence-corrected chi connectivity index (χ4v) is 10.2. The molecule has 0 aromatic rings. The molecule has 78 heavy (non-hydrogen) atoms. The standard InChI is InChI=1S/C59H114O17P2/c1-7-10-12-14-21-29-35-41-56(61)69-47-54(75-58(63)43-37-31-22-15-13-11-8-2)49-73-77(65,66)71-45-53(60)46-72-78(67,68)74-50-55(76-59(64)44-38-32-26-18-16-17-23-27-33-39-51(4)5)48-70-57(62)42-36-30-25-20-19-24-28-34-40-52(6)9-3/h51-55,60H,7-50H2,1-6H3,(H,65,66)(H,67,68)/t52?,53-,54+,55+/m0/s1. The molecule has 0 aliphatic heterocycles. The van der Waals surface area contributed by atoms with Gasteiger partial charge in [0.25, 0.3) is 0 Å². The van der Waals surface area contributed by atoms with Gasteiger partial charge in [-0.25, -0.2) is 9.13 Å². The average Bonchev–Trinajstić information content (AvgIpc) is 3.40. The van der Waals surface area contributed by atoms with E-state index in [1.165, 1.54) is 77.0 Å². The van der Waals surface area contributed by atoms with Gasteiger partial charge < -0.3 is 33.8 Å². The molecule has 0 aromatic heterocycles. The van der Waals surface area contributed by atoms with Crippen molar-refractivity contribution < 1.29 is 80.2 Å². The maximum Gasteiger partial charge on any atom is 0.472 e. The number of carbonyl (C=O) groups is 4. The Morgan fingerprint density at radius 2 is 0.654 bits per heavy atom. The van der Waals surface area contributed by atoms with Crippen LogP contribution in [0, 0.1) is 11.8 Å². The van der Waals surface area contributed by atoms with Crippen molar-refractivity contribution >= 4 is 39.5 Å². The third kappa shape index (κ3) is 52.2. The van der Waals surface area contributed by atoms with Crippen LogP contribution in [0.1, 0.15) is 286 Å². The average molecular weight is 1160 g/mol. The highest BCUT2D eigenvalue weighted by Gasteiger charge is 2.30. The van der Waals surface area contributed by atoms with Crippen LogP contribution in [0.4, 0.5) is 0 Å². The van der Waals surface area contributed by atoms with E-state index < -0.39 is 97.5 Å². The summed E-state index contributed by atoms with van der Waals surface area (Å²) in [6.45, 7) is 9.35. The number of phosphoric ester groups is 2. The molecule has 0 saturated carbocycles. The first-order chi connectivity index (χ1) is 37.4. The third-order valence-electron chi connectivity index (χ3n) is 13.8. The van der Waals surface area contributed by atoms with Crippen molar-refractivity contribution in [2.45, 2.75) is 304 Å². The SMILES string of the molecule is CCCCCCCCCC(=O)OC[C@H](COP(=O)(O)OC[C@H](O)COP(=O)(O)OC[C@@H](COC(=O)CCCCCCCCCCC(C)CC)OC(=O)CCCCCCCCCCCC(C)C)OC(=O)CCCCCCCCC. The minimum absolute atomic E-state index is 0.103. The fraction of sp³-hybridized carbons (Fsp3) is 0.932. The van der Waals surface area contributed by atoms with E-state index in [9.17, 15) is 43.2 Å². The number of phosphoric acid groups is 2. The number of ether oxygens (including phenoxy) is 4. The van der Waals surface area contributed by atoms with Crippen molar-refractivity contribution in [3.05, 3.63) is 0 Å². The molecule has 0 aromatic carbocycles. The lowest BCUT2D eigenvalue weighted by atomic mass is 9.99. The Balaban J connectivity index is 5.20. The number of esters is 4. The second-order valence-electron chi connectivity index (χ2n) is 22.1. The number of rotatable bonds is 58. The number of aliphatic hydroxyl groups excluding tert-OH is 1. The number of unbranched alkanes of at least 4 members (excludes halogenated alkanes) is 27. The molecule has 19 heteroatoms. The summed E-state index contributed by atoms with van der Waals surface area (Å²) in [6.07, 6.45) is 32.3. The van der Waals surface area contributed by atoms with Crippen LogP contribution in [0.25, 0.3) is 0 Å². The highest BCUT2D eigenvalue weighted by atomic mass is 31.2. The first-order valence-electron chi connectivity index (χ1n) is 31.0. The summed E-state index contributed by atoms with van der Waals surface area (Å²) in [6, 6.07) is 0. The van der Waals surface area contributed by atoms with E-state index in [4.69, 9.17) is 37.0 Å². The Labute approximate surface area is 473 Å². The largest absolute Gasteiger partial charge is 0.472 e. The lowest BCUT2D eigenvalue weighted by Crippen LogP contribution is -2.30. The first-order valence-corrected chi connectivity index (χ1v) is 34.0. The molecule has 0 rings (SSSR count). The quantitative estimate of drug-likeness (QED) is 0.0222. The van der Waals surface area contributed by atoms with Crippen LogP contribution in [-0.2, 0) is 65.4 Å². The van der Waals surface area contributed by atoms with Gasteiger partial charge in [0.2, 0.25) is 0 Å². The van der Waals surface area contributed by atoms with Crippen molar-refractivity contribution in [2.75, 3.05) is 39.6 Å². The van der Waals surface area contributed by atoms with Gasteiger partial charge in [0.1, 0.15) is 19.3 Å². The zero-order valence-electron chi connectivity index (χ0n) is 50.0. The molecule has 0 radical (unpaired) electrons. The lowest BCUT2D eigenvalue weighted by molar-refractivity contribution is -0.161. The summed E-state index contributed by atoms with van der Waals surface area (Å²) in [5.41, 5.74) is 0. The topological polar surface area (TPSA) is 237 Å². The molecule has 0 heterocycles. The van der Waals surface area contributed by atoms with Crippen LogP contribution in [0.2, 0.25) is 0 Å². The Morgan fingerprint density at radius 3 is 0.974 bits per heavy atom. The van der Waals surface area contributed by atoms with Gasteiger partial charge in [-0.3, -0.25) is 37.3 Å². The second-order valence-corrected chi connectivity index (χ2v) is 25.0. The number of hydrogen-bond acceptors (Lipinski definition) is 15. The molecule has 0 fully saturated rings. The van der Waals surface area contributed by atoms with Crippen molar-refractivity contribution in [2.24, 2.45) is 11.8 Å². The Bertz CT molecular complexity index is 1550. The summed E-state index contributed by atoms with van der Waals surface area (Å²) in [7, 11) is -9.87. The summed E-state index contributed by atoms with van der Waals surface area (Å²) < 4.78 is 67.6. The molecule has 0 amide bonds. The van der Waals surface area contributed by atoms with E-state index in [1.807, 2.05) is 0 Å². The molecule has 0 saturated heterocycles. The van der Waals surface area contributed by atoms with Gasteiger partial charge >= 0.3 is 39.5 Å². The molecule has 0 spiro atoms. The van der Waals surface area contributed by atoms with E-state index in [0.29, 0.717) is 25.7 Å². The maximum atomic E-state index is 12.9. The minimum Gasteiger partial charge on any atom is -0.462 e. The summed E-state index contributed by atoms with van der Waals surface area (Å²) >= 11 is 0. The monoisotopic (exact) mass is 1160 g/mol.